The van der Waals surface area contributed by atoms with Crippen LogP contribution >= 0.6 is 11.3 Å². The molecule has 0 radical (unpaired) electrons. The quantitative estimate of drug-likeness (QED) is 0.350. The smallest absolute Gasteiger partial charge is 0.469 e. The van der Waals surface area contributed by atoms with Crippen LogP contribution in [0.15, 0.2) is 54.7 Å². The Morgan fingerprint density at radius 2 is 1.69 bits per heavy atom. The van der Waals surface area contributed by atoms with Gasteiger partial charge in [-0.15, -0.1) is 24.5 Å². The molecule has 0 aliphatic heterocycles. The van der Waals surface area contributed by atoms with Gasteiger partial charge in [0.2, 0.25) is 0 Å². The molecule has 2 amide bonds. The van der Waals surface area contributed by atoms with Crippen LogP contribution in [0.3, 0.4) is 0 Å². The number of nitrogens with one attached hydrogen (secondary N) is 2. The van der Waals surface area contributed by atoms with E-state index in [4.69, 9.17) is 4.74 Å². The van der Waals surface area contributed by atoms with Gasteiger partial charge in [0, 0.05) is 17.8 Å². The van der Waals surface area contributed by atoms with Gasteiger partial charge in [0.1, 0.15) is 0 Å². The molecule has 11 heteroatoms. The van der Waals surface area contributed by atoms with Crippen molar-refractivity contribution in [1.82, 2.24) is 4.98 Å². The van der Waals surface area contributed by atoms with Gasteiger partial charge in [0.05, 0.1) is 28.6 Å². The van der Waals surface area contributed by atoms with E-state index in [1.807, 2.05) is 18.3 Å². The van der Waals surface area contributed by atoms with Crippen molar-refractivity contribution in [2.75, 3.05) is 17.7 Å². The van der Waals surface area contributed by atoms with Crippen molar-refractivity contribution in [3.8, 4) is 16.2 Å². The second-order valence-corrected chi connectivity index (χ2v) is 9.40. The minimum absolute atomic E-state index is 0.0337. The van der Waals surface area contributed by atoms with Crippen LogP contribution in [-0.2, 0) is 9.53 Å². The molecule has 0 atom stereocenters. The number of halogens is 3. The van der Waals surface area contributed by atoms with E-state index in [0.717, 1.165) is 47.2 Å². The zero-order chi connectivity index (χ0) is 25.7. The molecule has 190 valence electrons. The largest absolute Gasteiger partial charge is 0.573 e. The molecule has 1 aliphatic carbocycles. The summed E-state index contributed by atoms with van der Waals surface area (Å²) in [5.74, 6) is -0.364. The van der Waals surface area contributed by atoms with Crippen molar-refractivity contribution in [3.63, 3.8) is 0 Å². The summed E-state index contributed by atoms with van der Waals surface area (Å²) in [4.78, 5) is 29.6. The molecule has 0 saturated heterocycles. The van der Waals surface area contributed by atoms with Crippen molar-refractivity contribution < 1.29 is 32.2 Å². The molecule has 0 spiro atoms. The van der Waals surface area contributed by atoms with Crippen LogP contribution < -0.4 is 15.4 Å². The maximum atomic E-state index is 12.6. The lowest BCUT2D eigenvalue weighted by atomic mass is 9.82. The number of thiazole rings is 1. The molecule has 4 rings (SSSR count). The Labute approximate surface area is 209 Å². The number of benzene rings is 2. The fourth-order valence-corrected chi connectivity index (χ4v) is 5.23. The maximum absolute atomic E-state index is 12.6. The molecule has 0 bridgehead atoms. The zero-order valence-corrected chi connectivity index (χ0v) is 20.1. The van der Waals surface area contributed by atoms with E-state index in [-0.39, 0.29) is 17.6 Å². The fraction of sp³-hybridized carbons (Fsp3) is 0.320. The number of carbonyl (C=O) groups is 2. The molecular weight excluding hydrogens is 495 g/mol. The number of ether oxygens (including phenoxy) is 2. The van der Waals surface area contributed by atoms with Crippen molar-refractivity contribution in [2.24, 2.45) is 5.92 Å². The molecule has 1 fully saturated rings. The van der Waals surface area contributed by atoms with Crippen LogP contribution in [0.2, 0.25) is 0 Å². The summed E-state index contributed by atoms with van der Waals surface area (Å²) >= 11 is 1.60. The van der Waals surface area contributed by atoms with Crippen molar-refractivity contribution in [2.45, 2.75) is 38.0 Å². The molecule has 36 heavy (non-hydrogen) atoms. The Bertz CT molecular complexity index is 1210. The van der Waals surface area contributed by atoms with Crippen LogP contribution in [0.1, 0.15) is 36.6 Å². The van der Waals surface area contributed by atoms with Crippen LogP contribution in [0.25, 0.3) is 10.4 Å². The average molecular weight is 520 g/mol. The van der Waals surface area contributed by atoms with E-state index in [2.05, 4.69) is 20.4 Å². The Kier molecular flexibility index (Phi) is 7.78. The highest BCUT2D eigenvalue weighted by atomic mass is 32.1. The van der Waals surface area contributed by atoms with E-state index in [9.17, 15) is 22.8 Å². The van der Waals surface area contributed by atoms with E-state index in [1.165, 1.54) is 25.3 Å². The minimum Gasteiger partial charge on any atom is -0.469 e. The maximum Gasteiger partial charge on any atom is 0.573 e. The number of esters is 1. The lowest BCUT2D eigenvalue weighted by molar-refractivity contribution is -0.274. The number of anilines is 2. The first kappa shape index (κ1) is 25.5. The highest BCUT2D eigenvalue weighted by Crippen LogP contribution is 2.40. The third kappa shape index (κ3) is 6.54. The summed E-state index contributed by atoms with van der Waals surface area (Å²) in [6.45, 7) is 0. The standard InChI is InChI=1S/C25H24F3N3O4S/c1-34-23(32)17-8-6-16(7-9-17)22-29-14-21(36-22)15-10-12-18(13-11-15)30-24(33)31-19-4-2-3-5-20(19)35-25(26,27)28/h2-5,10-14,16-17H,6-9H2,1H3,(H2,30,31,33). The number of nitrogens with zero attached hydrogens (tertiary/aromatic N) is 1. The number of hydrogen-bond acceptors (Lipinski definition) is 6. The van der Waals surface area contributed by atoms with Gasteiger partial charge in [-0.05, 0) is 55.5 Å². The molecular formula is C25H24F3N3O4S. The monoisotopic (exact) mass is 519 g/mol. The molecule has 1 saturated carbocycles. The Hall–Kier alpha value is -3.60. The Balaban J connectivity index is 1.34. The summed E-state index contributed by atoms with van der Waals surface area (Å²) in [7, 11) is 1.42. The Morgan fingerprint density at radius 3 is 2.36 bits per heavy atom. The highest BCUT2D eigenvalue weighted by Gasteiger charge is 2.32. The van der Waals surface area contributed by atoms with Gasteiger partial charge < -0.3 is 20.1 Å². The topological polar surface area (TPSA) is 89.5 Å². The predicted molar refractivity (Wildman–Crippen MR) is 130 cm³/mol. The number of amides is 2. The average Bonchev–Trinajstić information content (AvgIpc) is 3.35. The molecule has 1 aromatic heterocycles. The predicted octanol–water partition coefficient (Wildman–Crippen LogP) is 6.80. The summed E-state index contributed by atoms with van der Waals surface area (Å²) < 4.78 is 46.5. The normalized spacial score (nSPS) is 17.8. The van der Waals surface area contributed by atoms with Gasteiger partial charge in [-0.2, -0.15) is 0 Å². The molecule has 1 aliphatic rings. The number of urea groups is 1. The van der Waals surface area contributed by atoms with Crippen LogP contribution in [0.5, 0.6) is 5.75 Å². The van der Waals surface area contributed by atoms with Gasteiger partial charge >= 0.3 is 18.4 Å². The number of aromatic nitrogens is 1. The second kappa shape index (κ2) is 11.0. The molecule has 0 unspecified atom stereocenters. The molecule has 3 aromatic rings. The lowest BCUT2D eigenvalue weighted by Gasteiger charge is -2.25. The molecule has 1 heterocycles. The van der Waals surface area contributed by atoms with Gasteiger partial charge in [-0.1, -0.05) is 24.3 Å². The van der Waals surface area contributed by atoms with Gasteiger partial charge in [0.15, 0.2) is 5.75 Å². The van der Waals surface area contributed by atoms with Crippen molar-refractivity contribution >= 4 is 34.7 Å². The summed E-state index contributed by atoms with van der Waals surface area (Å²) in [5.41, 5.74) is 1.29. The number of carbonyl (C=O) groups excluding carboxylic acids is 2. The fourth-order valence-electron chi connectivity index (χ4n) is 4.14. The first-order valence-corrected chi connectivity index (χ1v) is 12.1. The number of methoxy groups -OCH3 is 1. The van der Waals surface area contributed by atoms with Gasteiger partial charge in [-0.3, -0.25) is 4.79 Å². The van der Waals surface area contributed by atoms with E-state index >= 15 is 0 Å². The van der Waals surface area contributed by atoms with Crippen LogP contribution in [0, 0.1) is 5.92 Å². The van der Waals surface area contributed by atoms with E-state index in [0.29, 0.717) is 11.6 Å². The van der Waals surface area contributed by atoms with E-state index in [1.54, 1.807) is 23.5 Å². The number of alkyl halides is 3. The zero-order valence-electron chi connectivity index (χ0n) is 19.3. The van der Waals surface area contributed by atoms with Gasteiger partial charge in [-0.25, -0.2) is 9.78 Å². The third-order valence-electron chi connectivity index (χ3n) is 5.92. The van der Waals surface area contributed by atoms with Crippen molar-refractivity contribution in [1.29, 1.82) is 0 Å². The van der Waals surface area contributed by atoms with Crippen molar-refractivity contribution in [3.05, 3.63) is 59.7 Å². The lowest BCUT2D eigenvalue weighted by Crippen LogP contribution is -2.22. The van der Waals surface area contributed by atoms with Crippen LogP contribution in [-0.4, -0.2) is 30.5 Å². The summed E-state index contributed by atoms with van der Waals surface area (Å²) in [5, 5.41) is 6.00. The van der Waals surface area contributed by atoms with E-state index < -0.39 is 18.1 Å². The highest BCUT2D eigenvalue weighted by molar-refractivity contribution is 7.15. The number of rotatable bonds is 6. The molecule has 7 nitrogen and oxygen atoms in total. The first-order chi connectivity index (χ1) is 17.2. The second-order valence-electron chi connectivity index (χ2n) is 8.33. The van der Waals surface area contributed by atoms with Gasteiger partial charge in [0.25, 0.3) is 0 Å². The number of hydrogen-bond donors (Lipinski definition) is 2. The summed E-state index contributed by atoms with van der Waals surface area (Å²) in [6, 6.07) is 11.7. The first-order valence-electron chi connectivity index (χ1n) is 11.3. The Morgan fingerprint density at radius 1 is 1.00 bits per heavy atom. The minimum atomic E-state index is -4.87. The number of para-hydroxylation sites is 2. The molecule has 2 aromatic carbocycles. The molecule has 2 N–H and O–H groups in total. The SMILES string of the molecule is COC(=O)C1CCC(c2ncc(-c3ccc(NC(=O)Nc4ccccc4OC(F)(F)F)cc3)s2)CC1. The van der Waals surface area contributed by atoms with Crippen LogP contribution in [0.4, 0.5) is 29.3 Å². The summed E-state index contributed by atoms with van der Waals surface area (Å²) in [6.07, 6.45) is 0.314. The third-order valence-corrected chi connectivity index (χ3v) is 7.13.